The highest BCUT2D eigenvalue weighted by Crippen LogP contribution is 2.36. The van der Waals surface area contributed by atoms with Crippen LogP contribution in [0.1, 0.15) is 25.8 Å². The van der Waals surface area contributed by atoms with Crippen LogP contribution in [0.25, 0.3) is 0 Å². The van der Waals surface area contributed by atoms with Gasteiger partial charge in [-0.2, -0.15) is 17.9 Å². The molecule has 0 radical (unpaired) electrons. The lowest BCUT2D eigenvalue weighted by atomic mass is 10.1. The van der Waals surface area contributed by atoms with E-state index in [0.29, 0.717) is 12.1 Å². The summed E-state index contributed by atoms with van der Waals surface area (Å²) in [5.74, 6) is -1.80. The number of alkyl halides is 3. The van der Waals surface area contributed by atoms with Crippen molar-refractivity contribution in [3.8, 4) is 0 Å². The number of carboxylic acid groups (broad SMARTS) is 1. The van der Waals surface area contributed by atoms with E-state index < -0.39 is 49.3 Å². The Morgan fingerprint density at radius 3 is 2.32 bits per heavy atom. The number of aliphatic carboxylic acids is 1. The lowest BCUT2D eigenvalue weighted by Gasteiger charge is -2.18. The SMILES string of the molecule is CC(C)C[C@H](NS(=O)(=O)c1ccc([N+](=O)[O-])cc1C(F)(F)F)C(=O)O. The van der Waals surface area contributed by atoms with Crippen molar-refractivity contribution in [2.24, 2.45) is 5.92 Å². The largest absolute Gasteiger partial charge is 0.480 e. The topological polar surface area (TPSA) is 127 Å². The quantitative estimate of drug-likeness (QED) is 0.549. The minimum Gasteiger partial charge on any atom is -0.480 e. The fraction of sp³-hybridized carbons (Fsp3) is 0.462. The number of non-ortho nitro benzene ring substituents is 1. The fourth-order valence-corrected chi connectivity index (χ4v) is 3.42. The highest BCUT2D eigenvalue weighted by molar-refractivity contribution is 7.89. The van der Waals surface area contributed by atoms with Gasteiger partial charge in [-0.25, -0.2) is 8.42 Å². The third-order valence-electron chi connectivity index (χ3n) is 3.07. The number of carboxylic acids is 1. The Labute approximate surface area is 140 Å². The first-order valence-corrected chi connectivity index (χ1v) is 8.34. The molecule has 1 aromatic rings. The number of carbonyl (C=O) groups is 1. The number of benzene rings is 1. The molecular weight excluding hydrogens is 369 g/mol. The molecule has 0 aliphatic heterocycles. The van der Waals surface area contributed by atoms with E-state index in [1.54, 1.807) is 18.6 Å². The molecule has 0 bridgehead atoms. The van der Waals surface area contributed by atoms with Gasteiger partial charge >= 0.3 is 12.1 Å². The summed E-state index contributed by atoms with van der Waals surface area (Å²) in [5.41, 5.74) is -2.69. The van der Waals surface area contributed by atoms with E-state index in [1.807, 2.05) is 0 Å². The molecule has 0 unspecified atom stereocenters. The highest BCUT2D eigenvalue weighted by Gasteiger charge is 2.39. The van der Waals surface area contributed by atoms with E-state index in [-0.39, 0.29) is 18.4 Å². The lowest BCUT2D eigenvalue weighted by Crippen LogP contribution is -2.42. The van der Waals surface area contributed by atoms with E-state index in [4.69, 9.17) is 5.11 Å². The summed E-state index contributed by atoms with van der Waals surface area (Å²) in [6, 6.07) is -0.520. The Morgan fingerprint density at radius 2 is 1.92 bits per heavy atom. The molecule has 0 aliphatic rings. The molecule has 8 nitrogen and oxygen atoms in total. The molecule has 0 saturated heterocycles. The fourth-order valence-electron chi connectivity index (χ4n) is 2.01. The van der Waals surface area contributed by atoms with E-state index >= 15 is 0 Å². The minimum atomic E-state index is -5.19. The van der Waals surface area contributed by atoms with Crippen molar-refractivity contribution in [1.82, 2.24) is 4.72 Å². The van der Waals surface area contributed by atoms with E-state index in [0.717, 1.165) is 0 Å². The van der Waals surface area contributed by atoms with Crippen LogP contribution in [0.15, 0.2) is 23.1 Å². The van der Waals surface area contributed by atoms with Gasteiger partial charge in [-0.1, -0.05) is 13.8 Å². The zero-order valence-electron chi connectivity index (χ0n) is 13.1. The first kappa shape index (κ1) is 20.8. The number of rotatable bonds is 7. The number of hydrogen-bond acceptors (Lipinski definition) is 5. The maximum atomic E-state index is 13.1. The number of hydrogen-bond donors (Lipinski definition) is 2. The average molecular weight is 384 g/mol. The number of halogens is 3. The molecular formula is C13H15F3N2O6S. The van der Waals surface area contributed by atoms with Gasteiger partial charge in [0.15, 0.2) is 0 Å². The number of nitrogens with zero attached hydrogens (tertiary/aromatic N) is 1. The molecule has 1 atom stereocenters. The van der Waals surface area contributed by atoms with Gasteiger partial charge in [0, 0.05) is 12.1 Å². The Bertz CT molecular complexity index is 776. The van der Waals surface area contributed by atoms with Crippen molar-refractivity contribution in [3.63, 3.8) is 0 Å². The predicted molar refractivity (Wildman–Crippen MR) is 79.3 cm³/mol. The Kier molecular flexibility index (Phi) is 6.13. The van der Waals surface area contributed by atoms with Crippen molar-refractivity contribution in [2.75, 3.05) is 0 Å². The molecule has 0 saturated carbocycles. The number of nitro benzene ring substituents is 1. The standard InChI is InChI=1S/C13H15F3N2O6S/c1-7(2)5-10(12(19)20)17-25(23,24)11-4-3-8(18(21)22)6-9(11)13(14,15)16/h3-4,6-7,10,17H,5H2,1-2H3,(H,19,20)/t10-/m0/s1. The second kappa shape index (κ2) is 7.35. The summed E-state index contributed by atoms with van der Waals surface area (Å²) in [7, 11) is -4.88. The Balaban J connectivity index is 3.42. The summed E-state index contributed by atoms with van der Waals surface area (Å²) < 4.78 is 65.5. The number of nitro groups is 1. The van der Waals surface area contributed by atoms with Crippen LogP contribution in [0.4, 0.5) is 18.9 Å². The summed E-state index contributed by atoms with van der Waals surface area (Å²) in [4.78, 5) is 19.4. The van der Waals surface area contributed by atoms with Gasteiger partial charge in [0.2, 0.25) is 10.0 Å². The zero-order chi connectivity index (χ0) is 19.6. The first-order valence-electron chi connectivity index (χ1n) is 6.86. The maximum absolute atomic E-state index is 13.1. The maximum Gasteiger partial charge on any atom is 0.417 e. The third-order valence-corrected chi connectivity index (χ3v) is 4.60. The molecule has 1 aromatic carbocycles. The van der Waals surface area contributed by atoms with Gasteiger partial charge in [-0.3, -0.25) is 14.9 Å². The number of sulfonamides is 1. The van der Waals surface area contributed by atoms with Crippen LogP contribution < -0.4 is 4.72 Å². The summed E-state index contributed by atoms with van der Waals surface area (Å²) >= 11 is 0. The molecule has 2 N–H and O–H groups in total. The van der Waals surface area contributed by atoms with Gasteiger partial charge in [0.1, 0.15) is 6.04 Å². The summed E-state index contributed by atoms with van der Waals surface area (Å²) in [5, 5.41) is 19.7. The lowest BCUT2D eigenvalue weighted by molar-refractivity contribution is -0.385. The summed E-state index contributed by atoms with van der Waals surface area (Å²) in [6.07, 6.45) is -5.34. The highest BCUT2D eigenvalue weighted by atomic mass is 32.2. The monoisotopic (exact) mass is 384 g/mol. The van der Waals surface area contributed by atoms with Gasteiger partial charge in [0.25, 0.3) is 5.69 Å². The van der Waals surface area contributed by atoms with Crippen LogP contribution in [0, 0.1) is 16.0 Å². The normalized spacial score (nSPS) is 13.7. The minimum absolute atomic E-state index is 0.0901. The van der Waals surface area contributed by atoms with Crippen molar-refractivity contribution in [3.05, 3.63) is 33.9 Å². The molecule has 1 rings (SSSR count). The van der Waals surface area contributed by atoms with Crippen molar-refractivity contribution < 1.29 is 36.4 Å². The Morgan fingerprint density at radius 1 is 1.36 bits per heavy atom. The van der Waals surface area contributed by atoms with Gasteiger partial charge in [-0.15, -0.1) is 0 Å². The van der Waals surface area contributed by atoms with Gasteiger partial charge in [-0.05, 0) is 18.4 Å². The molecule has 0 aromatic heterocycles. The van der Waals surface area contributed by atoms with Crippen LogP contribution >= 0.6 is 0 Å². The second-order valence-corrected chi connectivity index (χ2v) is 7.26. The van der Waals surface area contributed by atoms with E-state index in [2.05, 4.69) is 0 Å². The Hall–Kier alpha value is -2.21. The molecule has 0 amide bonds. The van der Waals surface area contributed by atoms with E-state index in [1.165, 1.54) is 0 Å². The molecule has 25 heavy (non-hydrogen) atoms. The smallest absolute Gasteiger partial charge is 0.417 e. The van der Waals surface area contributed by atoms with Crippen molar-refractivity contribution in [1.29, 1.82) is 0 Å². The molecule has 0 fully saturated rings. The third kappa shape index (κ3) is 5.39. The van der Waals surface area contributed by atoms with Gasteiger partial charge in [0.05, 0.1) is 15.4 Å². The van der Waals surface area contributed by atoms with Crippen molar-refractivity contribution in [2.45, 2.75) is 37.4 Å². The molecule has 140 valence electrons. The zero-order valence-corrected chi connectivity index (χ0v) is 13.9. The van der Waals surface area contributed by atoms with Crippen LogP contribution in [-0.4, -0.2) is 30.5 Å². The van der Waals surface area contributed by atoms with Crippen LogP contribution in [0.2, 0.25) is 0 Å². The molecule has 0 aliphatic carbocycles. The predicted octanol–water partition coefficient (Wildman–Crippen LogP) is 2.39. The first-order chi connectivity index (χ1) is 11.3. The second-order valence-electron chi connectivity index (χ2n) is 5.58. The van der Waals surface area contributed by atoms with Gasteiger partial charge < -0.3 is 5.11 Å². The average Bonchev–Trinajstić information content (AvgIpc) is 2.44. The van der Waals surface area contributed by atoms with Crippen LogP contribution in [0.3, 0.4) is 0 Å². The van der Waals surface area contributed by atoms with Crippen LogP contribution in [-0.2, 0) is 21.0 Å². The van der Waals surface area contributed by atoms with Crippen LogP contribution in [0.5, 0.6) is 0 Å². The molecule has 0 spiro atoms. The number of nitrogens with one attached hydrogen (secondary N) is 1. The van der Waals surface area contributed by atoms with E-state index in [9.17, 15) is 36.5 Å². The summed E-state index contributed by atoms with van der Waals surface area (Å²) in [6.45, 7) is 3.22. The molecule has 12 heteroatoms. The van der Waals surface area contributed by atoms with Crippen molar-refractivity contribution >= 4 is 21.7 Å². The molecule has 0 heterocycles.